The Morgan fingerprint density at radius 1 is 1.29 bits per heavy atom. The van der Waals surface area contributed by atoms with Gasteiger partial charge in [-0.1, -0.05) is 26.0 Å². The molecular formula is C15H19FO. The van der Waals surface area contributed by atoms with E-state index in [4.69, 9.17) is 0 Å². The Kier molecular flexibility index (Phi) is 3.32. The average Bonchev–Trinajstić information content (AvgIpc) is 2.28. The summed E-state index contributed by atoms with van der Waals surface area (Å²) in [7, 11) is 0. The third-order valence-electron chi connectivity index (χ3n) is 3.82. The van der Waals surface area contributed by atoms with Crippen LogP contribution in [0.3, 0.4) is 0 Å². The van der Waals surface area contributed by atoms with Crippen molar-refractivity contribution in [2.45, 2.75) is 39.5 Å². The number of Topliss-reactive ketones (excluding diaryl/α,β-unsaturated/α-hetero) is 1. The Bertz CT molecular complexity index is 413. The zero-order valence-electron chi connectivity index (χ0n) is 10.5. The molecule has 17 heavy (non-hydrogen) atoms. The monoisotopic (exact) mass is 234 g/mol. The van der Waals surface area contributed by atoms with Gasteiger partial charge in [-0.3, -0.25) is 4.79 Å². The molecule has 1 aliphatic carbocycles. The molecule has 1 nitrogen and oxygen atoms in total. The van der Waals surface area contributed by atoms with E-state index in [9.17, 15) is 9.18 Å². The molecule has 2 heteroatoms. The lowest BCUT2D eigenvalue weighted by Gasteiger charge is -2.33. The second kappa shape index (κ2) is 4.59. The zero-order chi connectivity index (χ0) is 12.5. The van der Waals surface area contributed by atoms with Crippen LogP contribution in [0.25, 0.3) is 0 Å². The molecule has 0 radical (unpaired) electrons. The second-order valence-corrected chi connectivity index (χ2v) is 5.81. The molecule has 0 heterocycles. The van der Waals surface area contributed by atoms with Crippen LogP contribution in [0.2, 0.25) is 0 Å². The highest BCUT2D eigenvalue weighted by atomic mass is 19.1. The minimum atomic E-state index is -0.327. The number of ketones is 1. The molecule has 1 aromatic carbocycles. The Morgan fingerprint density at radius 2 is 1.94 bits per heavy atom. The maximum absolute atomic E-state index is 13.1. The summed E-state index contributed by atoms with van der Waals surface area (Å²) in [5, 5.41) is 0. The highest BCUT2D eigenvalue weighted by Gasteiger charge is 2.30. The first-order chi connectivity index (χ1) is 7.98. The number of carbonyl (C=O) groups is 1. The largest absolute Gasteiger partial charge is 0.294 e. The van der Waals surface area contributed by atoms with Gasteiger partial charge in [0, 0.05) is 11.5 Å². The fraction of sp³-hybridized carbons (Fsp3) is 0.533. The van der Waals surface area contributed by atoms with Gasteiger partial charge in [0.2, 0.25) is 0 Å². The maximum Gasteiger partial charge on any atom is 0.166 e. The van der Waals surface area contributed by atoms with Crippen molar-refractivity contribution in [2.75, 3.05) is 0 Å². The van der Waals surface area contributed by atoms with E-state index in [1.165, 1.54) is 12.1 Å². The number of hydrogen-bond acceptors (Lipinski definition) is 1. The van der Waals surface area contributed by atoms with Gasteiger partial charge in [0.05, 0.1) is 0 Å². The standard InChI is InChI=1S/C15H19FO/c1-15(2)8-6-11(7-9-15)14(17)12-4-3-5-13(16)10-12/h3-5,10-11H,6-9H2,1-2H3. The van der Waals surface area contributed by atoms with Gasteiger partial charge in [0.15, 0.2) is 5.78 Å². The lowest BCUT2D eigenvalue weighted by molar-refractivity contribution is 0.0837. The van der Waals surface area contributed by atoms with Crippen LogP contribution in [0.5, 0.6) is 0 Å². The van der Waals surface area contributed by atoms with Gasteiger partial charge < -0.3 is 0 Å². The molecule has 0 aliphatic heterocycles. The first kappa shape index (κ1) is 12.3. The smallest absolute Gasteiger partial charge is 0.166 e. The molecule has 0 bridgehead atoms. The molecule has 0 spiro atoms. The van der Waals surface area contributed by atoms with Crippen LogP contribution in [-0.4, -0.2) is 5.78 Å². The molecule has 2 rings (SSSR count). The Labute approximate surface area is 102 Å². The van der Waals surface area contributed by atoms with Crippen LogP contribution in [-0.2, 0) is 0 Å². The number of carbonyl (C=O) groups excluding carboxylic acids is 1. The lowest BCUT2D eigenvalue weighted by atomic mass is 9.71. The SMILES string of the molecule is CC1(C)CCC(C(=O)c2cccc(F)c2)CC1. The van der Waals surface area contributed by atoms with Crippen molar-refractivity contribution in [3.05, 3.63) is 35.6 Å². The Hall–Kier alpha value is -1.18. The third kappa shape index (κ3) is 2.93. The number of hydrogen-bond donors (Lipinski definition) is 0. The molecule has 0 atom stereocenters. The van der Waals surface area contributed by atoms with Gasteiger partial charge in [-0.25, -0.2) is 4.39 Å². The van der Waals surface area contributed by atoms with Crippen molar-refractivity contribution in [3.8, 4) is 0 Å². The minimum Gasteiger partial charge on any atom is -0.294 e. The molecule has 0 aromatic heterocycles. The summed E-state index contributed by atoms with van der Waals surface area (Å²) in [5.41, 5.74) is 0.883. The maximum atomic E-state index is 13.1. The predicted octanol–water partition coefficient (Wildman–Crippen LogP) is 4.22. The Balaban J connectivity index is 2.07. The molecule has 1 aliphatic rings. The van der Waals surface area contributed by atoms with Gasteiger partial charge in [-0.15, -0.1) is 0 Å². The average molecular weight is 234 g/mol. The fourth-order valence-electron chi connectivity index (χ4n) is 2.54. The second-order valence-electron chi connectivity index (χ2n) is 5.81. The van der Waals surface area contributed by atoms with Gasteiger partial charge in [-0.2, -0.15) is 0 Å². The third-order valence-corrected chi connectivity index (χ3v) is 3.82. The van der Waals surface area contributed by atoms with Gasteiger partial charge in [0.1, 0.15) is 5.82 Å². The number of rotatable bonds is 2. The lowest BCUT2D eigenvalue weighted by Crippen LogP contribution is -2.26. The summed E-state index contributed by atoms with van der Waals surface area (Å²) in [6.45, 7) is 4.49. The fourth-order valence-corrected chi connectivity index (χ4v) is 2.54. The van der Waals surface area contributed by atoms with E-state index in [2.05, 4.69) is 13.8 Å². The van der Waals surface area contributed by atoms with E-state index in [0.29, 0.717) is 11.0 Å². The van der Waals surface area contributed by atoms with Crippen molar-refractivity contribution in [2.24, 2.45) is 11.3 Å². The van der Waals surface area contributed by atoms with E-state index < -0.39 is 0 Å². The molecular weight excluding hydrogens is 215 g/mol. The van der Waals surface area contributed by atoms with Crippen LogP contribution >= 0.6 is 0 Å². The first-order valence-electron chi connectivity index (χ1n) is 6.28. The van der Waals surface area contributed by atoms with E-state index in [1.807, 2.05) is 0 Å². The van der Waals surface area contributed by atoms with Crippen LogP contribution in [0.15, 0.2) is 24.3 Å². The first-order valence-corrected chi connectivity index (χ1v) is 6.28. The predicted molar refractivity (Wildman–Crippen MR) is 66.5 cm³/mol. The quantitative estimate of drug-likeness (QED) is 0.700. The summed E-state index contributed by atoms with van der Waals surface area (Å²) in [5.74, 6) is -0.128. The van der Waals surface area contributed by atoms with Crippen LogP contribution in [0.1, 0.15) is 49.9 Å². The van der Waals surface area contributed by atoms with Crippen LogP contribution in [0.4, 0.5) is 4.39 Å². The van der Waals surface area contributed by atoms with Crippen molar-refractivity contribution in [1.82, 2.24) is 0 Å². The normalized spacial score (nSPS) is 20.2. The summed E-state index contributed by atoms with van der Waals surface area (Å²) in [6, 6.07) is 6.04. The molecule has 0 amide bonds. The molecule has 92 valence electrons. The summed E-state index contributed by atoms with van der Waals surface area (Å²) >= 11 is 0. The number of halogens is 1. The molecule has 1 fully saturated rings. The summed E-state index contributed by atoms with van der Waals surface area (Å²) in [6.07, 6.45) is 4.03. The van der Waals surface area contributed by atoms with Crippen LogP contribution in [0, 0.1) is 17.2 Å². The van der Waals surface area contributed by atoms with Crippen LogP contribution < -0.4 is 0 Å². The zero-order valence-corrected chi connectivity index (χ0v) is 10.5. The van der Waals surface area contributed by atoms with Gasteiger partial charge >= 0.3 is 0 Å². The summed E-state index contributed by atoms with van der Waals surface area (Å²) in [4.78, 5) is 12.2. The number of benzene rings is 1. The molecule has 0 saturated heterocycles. The minimum absolute atomic E-state index is 0.0878. The van der Waals surface area contributed by atoms with E-state index >= 15 is 0 Å². The van der Waals surface area contributed by atoms with Gasteiger partial charge in [-0.05, 0) is 43.2 Å². The van der Waals surface area contributed by atoms with E-state index in [0.717, 1.165) is 25.7 Å². The molecule has 0 unspecified atom stereocenters. The Morgan fingerprint density at radius 3 is 2.53 bits per heavy atom. The van der Waals surface area contributed by atoms with Crippen molar-refractivity contribution in [1.29, 1.82) is 0 Å². The molecule has 0 N–H and O–H groups in total. The van der Waals surface area contributed by atoms with Gasteiger partial charge in [0.25, 0.3) is 0 Å². The van der Waals surface area contributed by atoms with E-state index in [1.54, 1.807) is 12.1 Å². The molecule has 1 aromatic rings. The van der Waals surface area contributed by atoms with Crippen molar-refractivity contribution in [3.63, 3.8) is 0 Å². The highest BCUT2D eigenvalue weighted by Crippen LogP contribution is 2.39. The molecule has 1 saturated carbocycles. The van der Waals surface area contributed by atoms with Crippen molar-refractivity contribution >= 4 is 5.78 Å². The summed E-state index contributed by atoms with van der Waals surface area (Å²) < 4.78 is 13.1. The highest BCUT2D eigenvalue weighted by molar-refractivity contribution is 5.97. The topological polar surface area (TPSA) is 17.1 Å². The van der Waals surface area contributed by atoms with Crippen molar-refractivity contribution < 1.29 is 9.18 Å². The van der Waals surface area contributed by atoms with E-state index in [-0.39, 0.29) is 17.5 Å².